The van der Waals surface area contributed by atoms with Crippen molar-refractivity contribution in [2.45, 2.75) is 74.2 Å². The number of nitrogens with zero attached hydrogens (tertiary/aromatic N) is 3. The van der Waals surface area contributed by atoms with Crippen molar-refractivity contribution in [3.63, 3.8) is 0 Å². The minimum atomic E-state index is -6.05. The van der Waals surface area contributed by atoms with Crippen LogP contribution in [-0.4, -0.2) is 46.2 Å². The van der Waals surface area contributed by atoms with E-state index < -0.39 is 59.9 Å². The molecule has 1 aliphatic heterocycles. The summed E-state index contributed by atoms with van der Waals surface area (Å²) >= 11 is 0. The molecule has 0 aromatic carbocycles. The average Bonchev–Trinajstić information content (AvgIpc) is 2.64. The number of carbonyl (C=O) groups is 1. The van der Waals surface area contributed by atoms with Crippen molar-refractivity contribution in [1.82, 2.24) is 0 Å². The summed E-state index contributed by atoms with van der Waals surface area (Å²) in [5.41, 5.74) is -0.891. The SMILES string of the molecule is C=CC(=O)OC1(N=[N+]=[N-])OC(C2CCCCC2)(C(F)(F)F)C(F)(F)C(C)(O)C1(F)F. The van der Waals surface area contributed by atoms with E-state index in [2.05, 4.69) is 21.2 Å². The van der Waals surface area contributed by atoms with Gasteiger partial charge in [-0.15, -0.1) is 0 Å². The van der Waals surface area contributed by atoms with Crippen LogP contribution in [0.2, 0.25) is 0 Å². The molecule has 0 aromatic rings. The maximum absolute atomic E-state index is 15.2. The molecule has 2 aliphatic rings. The van der Waals surface area contributed by atoms with Crippen molar-refractivity contribution in [3.8, 4) is 0 Å². The fraction of sp³-hybridized carbons (Fsp3) is 0.812. The molecular weight excluding hydrogens is 431 g/mol. The van der Waals surface area contributed by atoms with Crippen LogP contribution in [0.4, 0.5) is 30.7 Å². The Morgan fingerprint density at radius 2 is 1.77 bits per heavy atom. The third-order valence-corrected chi connectivity index (χ3v) is 5.57. The first kappa shape index (κ1) is 24.2. The highest BCUT2D eigenvalue weighted by atomic mass is 19.4. The molecular formula is C16H18F7N3O4. The van der Waals surface area contributed by atoms with Gasteiger partial charge in [0, 0.05) is 16.9 Å². The number of halogens is 7. The van der Waals surface area contributed by atoms with Crippen LogP contribution in [0.25, 0.3) is 10.4 Å². The van der Waals surface area contributed by atoms with Crippen LogP contribution in [0.1, 0.15) is 39.0 Å². The Kier molecular flexibility index (Phi) is 5.87. The van der Waals surface area contributed by atoms with Gasteiger partial charge >= 0.3 is 29.9 Å². The number of carbonyl (C=O) groups excluding carboxylic acids is 1. The van der Waals surface area contributed by atoms with E-state index in [-0.39, 0.29) is 25.8 Å². The van der Waals surface area contributed by atoms with Crippen molar-refractivity contribution in [2.75, 3.05) is 0 Å². The van der Waals surface area contributed by atoms with Gasteiger partial charge in [0.25, 0.3) is 0 Å². The molecule has 0 amide bonds. The zero-order valence-corrected chi connectivity index (χ0v) is 15.6. The maximum Gasteiger partial charge on any atom is 0.423 e. The van der Waals surface area contributed by atoms with E-state index in [4.69, 9.17) is 5.53 Å². The summed E-state index contributed by atoms with van der Waals surface area (Å²) in [6, 6.07) is 0. The lowest BCUT2D eigenvalue weighted by atomic mass is 9.65. The normalized spacial score (nSPS) is 36.4. The lowest BCUT2D eigenvalue weighted by Gasteiger charge is -2.60. The van der Waals surface area contributed by atoms with Crippen LogP contribution in [0.15, 0.2) is 17.8 Å². The predicted molar refractivity (Wildman–Crippen MR) is 85.1 cm³/mol. The molecule has 3 unspecified atom stereocenters. The van der Waals surface area contributed by atoms with Gasteiger partial charge in [0.2, 0.25) is 5.60 Å². The number of ether oxygens (including phenoxy) is 2. The highest BCUT2D eigenvalue weighted by molar-refractivity contribution is 5.81. The van der Waals surface area contributed by atoms with E-state index >= 15 is 8.78 Å². The molecule has 14 heteroatoms. The molecule has 3 atom stereocenters. The molecule has 7 nitrogen and oxygen atoms in total. The third-order valence-electron chi connectivity index (χ3n) is 5.57. The van der Waals surface area contributed by atoms with Crippen LogP contribution in [0, 0.1) is 5.92 Å². The standard InChI is InChI=1S/C16H18F7N3O4/c1-3-10(27)29-16(25-26-24)14(19,20)11(2,28)13(17,18)12(30-16,15(21,22)23)9-7-5-4-6-8-9/h3,9,28H,1,4-8H2,2H3. The summed E-state index contributed by atoms with van der Waals surface area (Å²) in [5.74, 6) is -19.7. The second kappa shape index (κ2) is 7.27. The molecule has 0 radical (unpaired) electrons. The molecule has 0 spiro atoms. The molecule has 1 saturated carbocycles. The van der Waals surface area contributed by atoms with E-state index in [1.807, 2.05) is 4.91 Å². The Bertz CT molecular complexity index is 760. The van der Waals surface area contributed by atoms with Gasteiger partial charge in [-0.25, -0.2) is 4.79 Å². The number of hydrogen-bond acceptors (Lipinski definition) is 5. The second-order valence-corrected chi connectivity index (χ2v) is 7.29. The van der Waals surface area contributed by atoms with E-state index in [9.17, 15) is 31.9 Å². The highest BCUT2D eigenvalue weighted by Crippen LogP contribution is 2.66. The Morgan fingerprint density at radius 3 is 2.20 bits per heavy atom. The summed E-state index contributed by atoms with van der Waals surface area (Å²) in [6.45, 7) is 2.60. The molecule has 1 N–H and O–H groups in total. The Labute approximate surface area is 165 Å². The first-order valence-electron chi connectivity index (χ1n) is 8.74. The van der Waals surface area contributed by atoms with Gasteiger partial charge in [-0.05, 0) is 30.4 Å². The first-order valence-corrected chi connectivity index (χ1v) is 8.74. The van der Waals surface area contributed by atoms with Crippen LogP contribution >= 0.6 is 0 Å². The monoisotopic (exact) mass is 449 g/mol. The van der Waals surface area contributed by atoms with Crippen LogP contribution in [0.5, 0.6) is 0 Å². The van der Waals surface area contributed by atoms with Crippen LogP contribution in [-0.2, 0) is 14.3 Å². The lowest BCUT2D eigenvalue weighted by molar-refractivity contribution is -0.524. The van der Waals surface area contributed by atoms with Gasteiger partial charge in [0.1, 0.15) is 0 Å². The largest absolute Gasteiger partial charge is 0.423 e. The van der Waals surface area contributed by atoms with Gasteiger partial charge < -0.3 is 14.6 Å². The van der Waals surface area contributed by atoms with E-state index in [0.29, 0.717) is 6.42 Å². The molecule has 170 valence electrons. The Hall–Kier alpha value is -2.05. The van der Waals surface area contributed by atoms with E-state index in [1.165, 1.54) is 0 Å². The maximum atomic E-state index is 15.2. The lowest BCUT2D eigenvalue weighted by Crippen LogP contribution is -2.85. The predicted octanol–water partition coefficient (Wildman–Crippen LogP) is 4.61. The molecule has 30 heavy (non-hydrogen) atoms. The van der Waals surface area contributed by atoms with Crippen molar-refractivity contribution in [2.24, 2.45) is 11.0 Å². The topological polar surface area (TPSA) is 105 Å². The molecule has 1 aliphatic carbocycles. The number of hydrogen-bond donors (Lipinski definition) is 1. The second-order valence-electron chi connectivity index (χ2n) is 7.29. The fourth-order valence-corrected chi connectivity index (χ4v) is 3.95. The van der Waals surface area contributed by atoms with Crippen molar-refractivity contribution in [3.05, 3.63) is 23.1 Å². The zero-order chi connectivity index (χ0) is 23.2. The van der Waals surface area contributed by atoms with E-state index in [0.717, 1.165) is 0 Å². The molecule has 2 rings (SSSR count). The summed E-state index contributed by atoms with van der Waals surface area (Å²) in [7, 11) is 0. The Morgan fingerprint density at radius 1 is 1.23 bits per heavy atom. The first-order chi connectivity index (χ1) is 13.6. The Balaban J connectivity index is 2.92. The molecule has 1 heterocycles. The van der Waals surface area contributed by atoms with Crippen molar-refractivity contribution < 1.29 is 50.1 Å². The number of esters is 1. The van der Waals surface area contributed by atoms with Gasteiger partial charge in [-0.3, -0.25) is 0 Å². The van der Waals surface area contributed by atoms with Gasteiger partial charge in [-0.1, -0.05) is 25.8 Å². The number of aliphatic hydroxyl groups is 1. The van der Waals surface area contributed by atoms with Crippen molar-refractivity contribution >= 4 is 5.97 Å². The van der Waals surface area contributed by atoms with E-state index in [1.54, 1.807) is 0 Å². The number of rotatable bonds is 4. The summed E-state index contributed by atoms with van der Waals surface area (Å²) in [4.78, 5) is 13.5. The third kappa shape index (κ3) is 2.95. The van der Waals surface area contributed by atoms with Gasteiger partial charge in [0.15, 0.2) is 5.60 Å². The minimum absolute atomic E-state index is 0.0431. The quantitative estimate of drug-likeness (QED) is 0.169. The fourth-order valence-electron chi connectivity index (χ4n) is 3.95. The van der Waals surface area contributed by atoms with Crippen molar-refractivity contribution in [1.29, 1.82) is 0 Å². The molecule has 0 aromatic heterocycles. The average molecular weight is 449 g/mol. The number of alkyl halides is 7. The summed E-state index contributed by atoms with van der Waals surface area (Å²) in [5, 5.41) is 12.5. The summed E-state index contributed by atoms with van der Waals surface area (Å²) < 4.78 is 111. The zero-order valence-electron chi connectivity index (χ0n) is 15.6. The molecule has 0 bridgehead atoms. The van der Waals surface area contributed by atoms with Crippen LogP contribution in [0.3, 0.4) is 0 Å². The van der Waals surface area contributed by atoms with Crippen LogP contribution < -0.4 is 0 Å². The van der Waals surface area contributed by atoms with Gasteiger partial charge in [0.05, 0.1) is 0 Å². The van der Waals surface area contributed by atoms with Gasteiger partial charge in [-0.2, -0.15) is 30.7 Å². The summed E-state index contributed by atoms with van der Waals surface area (Å²) in [6.07, 6.45) is -6.38. The highest BCUT2D eigenvalue weighted by Gasteiger charge is 2.92. The molecule has 2 fully saturated rings. The smallest absolute Gasteiger partial charge is 0.417 e. The minimum Gasteiger partial charge on any atom is -0.417 e. The number of azide groups is 1. The molecule has 1 saturated heterocycles.